The maximum atomic E-state index is 13.4. The smallest absolute Gasteiger partial charge is 0.258 e. The molecular weight excluding hydrogens is 471 g/mol. The number of benzene rings is 3. The van der Waals surface area contributed by atoms with Crippen molar-refractivity contribution in [2.75, 3.05) is 29.3 Å². The Morgan fingerprint density at radius 2 is 1.83 bits per heavy atom. The highest BCUT2D eigenvalue weighted by molar-refractivity contribution is 7.13. The fourth-order valence-corrected chi connectivity index (χ4v) is 4.20. The lowest BCUT2D eigenvalue weighted by Crippen LogP contribution is -2.38. The predicted molar refractivity (Wildman–Crippen MR) is 131 cm³/mol. The summed E-state index contributed by atoms with van der Waals surface area (Å²) < 4.78 is 24.4. The Bertz CT molecular complexity index is 1390. The minimum atomic E-state index is -0.486. The summed E-state index contributed by atoms with van der Waals surface area (Å²) in [4.78, 5) is 31.9. The minimum absolute atomic E-state index is 0.00804. The van der Waals surface area contributed by atoms with Crippen LogP contribution in [0.4, 0.5) is 20.9 Å². The van der Waals surface area contributed by atoms with E-state index in [1.54, 1.807) is 30.3 Å². The van der Waals surface area contributed by atoms with Crippen molar-refractivity contribution < 1.29 is 23.5 Å². The number of aromatic nitrogens is 1. The molecule has 0 atom stereocenters. The average molecular weight is 491 g/mol. The summed E-state index contributed by atoms with van der Waals surface area (Å²) in [6, 6.07) is 17.3. The van der Waals surface area contributed by atoms with E-state index in [4.69, 9.17) is 15.2 Å². The van der Waals surface area contributed by atoms with Crippen LogP contribution in [0, 0.1) is 5.82 Å². The van der Waals surface area contributed by atoms with E-state index < -0.39 is 17.6 Å². The van der Waals surface area contributed by atoms with Gasteiger partial charge in [-0.25, -0.2) is 9.37 Å². The van der Waals surface area contributed by atoms with Crippen molar-refractivity contribution in [1.29, 1.82) is 0 Å². The first-order valence-corrected chi connectivity index (χ1v) is 11.4. The number of nitrogens with zero attached hydrogens (tertiary/aromatic N) is 2. The molecule has 0 spiro atoms. The summed E-state index contributed by atoms with van der Waals surface area (Å²) in [7, 11) is 0. The predicted octanol–water partition coefficient (Wildman–Crippen LogP) is 4.55. The molecule has 0 saturated heterocycles. The van der Waals surface area contributed by atoms with Crippen LogP contribution in [0.3, 0.4) is 0 Å². The number of nitrogens with one attached hydrogen (secondary N) is 1. The Labute approximate surface area is 203 Å². The van der Waals surface area contributed by atoms with E-state index in [9.17, 15) is 14.0 Å². The molecule has 3 N–H and O–H groups in total. The lowest BCUT2D eigenvalue weighted by molar-refractivity contribution is -0.114. The Kier molecular flexibility index (Phi) is 6.02. The zero-order valence-corrected chi connectivity index (χ0v) is 19.0. The zero-order chi connectivity index (χ0) is 24.4. The molecule has 2 amide bonds. The molecule has 0 unspecified atom stereocenters. The van der Waals surface area contributed by atoms with Crippen LogP contribution in [0.2, 0.25) is 0 Å². The van der Waals surface area contributed by atoms with Gasteiger partial charge in [-0.15, -0.1) is 11.3 Å². The van der Waals surface area contributed by atoms with Gasteiger partial charge in [0.15, 0.2) is 16.6 Å². The topological polar surface area (TPSA) is 107 Å². The van der Waals surface area contributed by atoms with Crippen molar-refractivity contribution in [2.24, 2.45) is 0 Å². The van der Waals surface area contributed by atoms with Crippen molar-refractivity contribution in [1.82, 2.24) is 4.98 Å². The lowest BCUT2D eigenvalue weighted by Gasteiger charge is -2.23. The van der Waals surface area contributed by atoms with Gasteiger partial charge >= 0.3 is 0 Å². The highest BCUT2D eigenvalue weighted by Gasteiger charge is 2.28. The van der Waals surface area contributed by atoms with Gasteiger partial charge in [-0.2, -0.15) is 0 Å². The summed E-state index contributed by atoms with van der Waals surface area (Å²) in [6.07, 6.45) is 0. The number of halogens is 1. The van der Waals surface area contributed by atoms with E-state index in [1.807, 2.05) is 17.5 Å². The monoisotopic (exact) mass is 490 g/mol. The van der Waals surface area contributed by atoms with Crippen LogP contribution in [0.1, 0.15) is 10.4 Å². The van der Waals surface area contributed by atoms with E-state index in [0.717, 1.165) is 11.3 Å². The van der Waals surface area contributed by atoms with Crippen LogP contribution in [0.5, 0.6) is 11.5 Å². The number of amides is 2. The van der Waals surface area contributed by atoms with E-state index in [-0.39, 0.29) is 18.9 Å². The second kappa shape index (κ2) is 9.43. The van der Waals surface area contributed by atoms with Gasteiger partial charge in [0.05, 0.1) is 11.4 Å². The van der Waals surface area contributed by atoms with Crippen LogP contribution in [-0.2, 0) is 4.79 Å². The maximum Gasteiger partial charge on any atom is 0.258 e. The van der Waals surface area contributed by atoms with Crippen LogP contribution in [-0.4, -0.2) is 30.1 Å². The second-order valence-corrected chi connectivity index (χ2v) is 8.50. The molecule has 176 valence electrons. The van der Waals surface area contributed by atoms with Gasteiger partial charge in [0.25, 0.3) is 5.91 Å². The van der Waals surface area contributed by atoms with Crippen LogP contribution in [0.15, 0.2) is 72.1 Å². The fourth-order valence-electron chi connectivity index (χ4n) is 3.63. The third-order valence-electron chi connectivity index (χ3n) is 5.29. The molecule has 0 radical (unpaired) electrons. The van der Waals surface area contributed by atoms with Crippen LogP contribution >= 0.6 is 11.3 Å². The van der Waals surface area contributed by atoms with Gasteiger partial charge in [0.2, 0.25) is 12.7 Å². The first-order chi connectivity index (χ1) is 17.0. The van der Waals surface area contributed by atoms with Crippen molar-refractivity contribution >= 4 is 39.7 Å². The maximum absolute atomic E-state index is 13.4. The van der Waals surface area contributed by atoms with Crippen molar-refractivity contribution in [3.8, 4) is 22.8 Å². The zero-order valence-electron chi connectivity index (χ0n) is 18.2. The van der Waals surface area contributed by atoms with E-state index in [0.29, 0.717) is 28.0 Å². The standard InChI is InChI=1S/C25H19FN4O4S/c26-17-8-4-16(5-9-17)24(32)30(20-2-1-3-21-23(20)34-14-33-21)12-22(31)28-18-10-6-15(7-11-18)19-13-35-25(27)29-19/h1-11,13H,12,14H2,(H2,27,29)(H,28,31). The number of hydrogen-bond donors (Lipinski definition) is 2. The molecule has 4 aromatic rings. The van der Waals surface area contributed by atoms with Crippen molar-refractivity contribution in [2.45, 2.75) is 0 Å². The van der Waals surface area contributed by atoms with Crippen LogP contribution < -0.4 is 25.4 Å². The van der Waals surface area contributed by atoms with Crippen molar-refractivity contribution in [3.63, 3.8) is 0 Å². The molecule has 10 heteroatoms. The molecule has 0 aliphatic carbocycles. The molecule has 8 nitrogen and oxygen atoms in total. The quantitative estimate of drug-likeness (QED) is 0.411. The average Bonchev–Trinajstić information content (AvgIpc) is 3.52. The minimum Gasteiger partial charge on any atom is -0.454 e. The molecule has 0 saturated carbocycles. The Morgan fingerprint density at radius 3 is 2.54 bits per heavy atom. The number of carbonyl (C=O) groups is 2. The molecule has 0 bridgehead atoms. The molecule has 2 heterocycles. The first-order valence-electron chi connectivity index (χ1n) is 10.6. The molecule has 1 aliphatic rings. The van der Waals surface area contributed by atoms with Gasteiger partial charge in [-0.05, 0) is 48.5 Å². The number of thiazole rings is 1. The summed E-state index contributed by atoms with van der Waals surface area (Å²) >= 11 is 1.35. The third kappa shape index (κ3) is 4.78. The third-order valence-corrected chi connectivity index (χ3v) is 5.96. The summed E-state index contributed by atoms with van der Waals surface area (Å²) in [5.41, 5.74) is 8.46. The fraction of sp³-hybridized carbons (Fsp3) is 0.0800. The summed E-state index contributed by atoms with van der Waals surface area (Å²) in [5.74, 6) is -0.546. The number of anilines is 3. The SMILES string of the molecule is Nc1nc(-c2ccc(NC(=O)CN(C(=O)c3ccc(F)cc3)c3cccc4c3OCO4)cc2)cs1. The molecular formula is C25H19FN4O4S. The van der Waals surface area contributed by atoms with E-state index in [2.05, 4.69) is 10.3 Å². The molecule has 0 fully saturated rings. The highest BCUT2D eigenvalue weighted by Crippen LogP contribution is 2.41. The number of ether oxygens (including phenoxy) is 2. The highest BCUT2D eigenvalue weighted by atomic mass is 32.1. The number of para-hydroxylation sites is 1. The molecule has 3 aromatic carbocycles. The van der Waals surface area contributed by atoms with Gasteiger partial charge in [-0.1, -0.05) is 18.2 Å². The molecule has 1 aliphatic heterocycles. The van der Waals surface area contributed by atoms with Gasteiger partial charge in [-0.3, -0.25) is 14.5 Å². The molecule has 5 rings (SSSR count). The molecule has 1 aromatic heterocycles. The Morgan fingerprint density at radius 1 is 1.06 bits per heavy atom. The van der Waals surface area contributed by atoms with Gasteiger partial charge < -0.3 is 20.5 Å². The number of nitrogens with two attached hydrogens (primary N) is 1. The van der Waals surface area contributed by atoms with E-state index in [1.165, 1.54) is 40.5 Å². The Balaban J connectivity index is 1.38. The number of nitrogen functional groups attached to an aromatic ring is 1. The normalized spacial score (nSPS) is 11.8. The van der Waals surface area contributed by atoms with Crippen LogP contribution in [0.25, 0.3) is 11.3 Å². The van der Waals surface area contributed by atoms with Crippen molar-refractivity contribution in [3.05, 3.63) is 83.5 Å². The number of rotatable bonds is 6. The van der Waals surface area contributed by atoms with E-state index >= 15 is 0 Å². The number of hydrogen-bond acceptors (Lipinski definition) is 7. The van der Waals surface area contributed by atoms with Gasteiger partial charge in [0.1, 0.15) is 12.4 Å². The first kappa shape index (κ1) is 22.4. The number of fused-ring (bicyclic) bond motifs is 1. The Hall–Kier alpha value is -4.44. The summed E-state index contributed by atoms with van der Waals surface area (Å²) in [5, 5.41) is 5.13. The largest absolute Gasteiger partial charge is 0.454 e. The second-order valence-electron chi connectivity index (χ2n) is 7.61. The lowest BCUT2D eigenvalue weighted by atomic mass is 10.1. The summed E-state index contributed by atoms with van der Waals surface area (Å²) in [6.45, 7) is -0.297. The van der Waals surface area contributed by atoms with Gasteiger partial charge in [0, 0.05) is 22.2 Å². The number of carbonyl (C=O) groups excluding carboxylic acids is 2. The molecule has 35 heavy (non-hydrogen) atoms.